The van der Waals surface area contributed by atoms with Crippen LogP contribution in [0, 0.1) is 0 Å². The van der Waals surface area contributed by atoms with E-state index in [4.69, 9.17) is 11.6 Å². The van der Waals surface area contributed by atoms with Crippen molar-refractivity contribution in [3.05, 3.63) is 70.7 Å². The molecule has 0 spiro atoms. The molecule has 28 heavy (non-hydrogen) atoms. The fraction of sp³-hybridized carbons (Fsp3) is 0.435. The summed E-state index contributed by atoms with van der Waals surface area (Å²) in [4.78, 5) is 12.2. The molecule has 0 radical (unpaired) electrons. The summed E-state index contributed by atoms with van der Waals surface area (Å²) in [7, 11) is 0. The van der Waals surface area contributed by atoms with Crippen molar-refractivity contribution in [2.75, 3.05) is 6.54 Å². The molecule has 3 atom stereocenters. The molecule has 2 aromatic carbocycles. The number of amides is 2. The lowest BCUT2D eigenvalue weighted by molar-refractivity contribution is 0.160. The highest BCUT2D eigenvalue weighted by Gasteiger charge is 2.24. The Morgan fingerprint density at radius 3 is 2.61 bits per heavy atom. The van der Waals surface area contributed by atoms with Gasteiger partial charge in [-0.2, -0.15) is 0 Å². The second kappa shape index (κ2) is 10.5. The summed E-state index contributed by atoms with van der Waals surface area (Å²) < 4.78 is 0. The monoisotopic (exact) mass is 400 g/mol. The van der Waals surface area contributed by atoms with E-state index in [0.717, 1.165) is 37.1 Å². The number of carbonyl (C=O) groups excluding carboxylic acids is 1. The number of rotatable bonds is 7. The summed E-state index contributed by atoms with van der Waals surface area (Å²) in [5.41, 5.74) is 2.48. The Hall–Kier alpha value is -2.04. The fourth-order valence-electron chi connectivity index (χ4n) is 3.89. The fourth-order valence-corrected chi connectivity index (χ4v) is 4.01. The summed E-state index contributed by atoms with van der Waals surface area (Å²) in [5.74, 6) is 0.452. The van der Waals surface area contributed by atoms with E-state index in [-0.39, 0.29) is 18.6 Å². The summed E-state index contributed by atoms with van der Waals surface area (Å²) in [6.07, 6.45) is 5.06. The van der Waals surface area contributed by atoms with Crippen LogP contribution in [-0.2, 0) is 6.42 Å². The number of urea groups is 1. The number of carbonyl (C=O) groups is 1. The van der Waals surface area contributed by atoms with E-state index in [1.54, 1.807) is 0 Å². The molecular formula is C23H29ClN2O2. The molecule has 3 unspecified atom stereocenters. The van der Waals surface area contributed by atoms with Gasteiger partial charge in [0.15, 0.2) is 0 Å². The molecule has 0 heterocycles. The Balaban J connectivity index is 1.38. The van der Waals surface area contributed by atoms with Crippen LogP contribution in [0.25, 0.3) is 0 Å². The zero-order valence-electron chi connectivity index (χ0n) is 16.1. The molecule has 3 N–H and O–H groups in total. The van der Waals surface area contributed by atoms with Crippen LogP contribution < -0.4 is 10.6 Å². The maximum atomic E-state index is 12.2. The number of aryl methyl sites for hydroxylation is 1. The Morgan fingerprint density at radius 1 is 1.11 bits per heavy atom. The van der Waals surface area contributed by atoms with Crippen LogP contribution in [0.2, 0.25) is 5.02 Å². The minimum Gasteiger partial charge on any atom is -0.391 e. The average molecular weight is 401 g/mol. The molecule has 150 valence electrons. The molecule has 5 heteroatoms. The zero-order chi connectivity index (χ0) is 19.8. The van der Waals surface area contributed by atoms with Crippen LogP contribution in [0.15, 0.2) is 54.6 Å². The maximum absolute atomic E-state index is 12.2. The molecule has 0 saturated heterocycles. The van der Waals surface area contributed by atoms with Gasteiger partial charge in [-0.05, 0) is 61.3 Å². The van der Waals surface area contributed by atoms with Gasteiger partial charge in [-0.15, -0.1) is 0 Å². The lowest BCUT2D eigenvalue weighted by Crippen LogP contribution is -2.45. The summed E-state index contributed by atoms with van der Waals surface area (Å²) in [6.45, 7) is 0.270. The third-order valence-corrected chi connectivity index (χ3v) is 5.71. The highest BCUT2D eigenvalue weighted by Crippen LogP contribution is 2.33. The number of benzene rings is 2. The predicted molar refractivity (Wildman–Crippen MR) is 114 cm³/mol. The number of hydrogen-bond donors (Lipinski definition) is 3. The number of hydrogen-bond acceptors (Lipinski definition) is 2. The second-order valence-corrected chi connectivity index (χ2v) is 8.08. The van der Waals surface area contributed by atoms with Gasteiger partial charge in [-0.25, -0.2) is 4.79 Å². The van der Waals surface area contributed by atoms with Crippen LogP contribution in [0.1, 0.15) is 49.1 Å². The van der Waals surface area contributed by atoms with Crippen molar-refractivity contribution in [1.82, 2.24) is 10.6 Å². The smallest absolute Gasteiger partial charge is 0.315 e. The Bertz CT molecular complexity index is 736. The first kappa shape index (κ1) is 20.7. The van der Waals surface area contributed by atoms with Crippen molar-refractivity contribution in [3.63, 3.8) is 0 Å². The van der Waals surface area contributed by atoms with Crippen LogP contribution in [-0.4, -0.2) is 29.8 Å². The lowest BCUT2D eigenvalue weighted by Gasteiger charge is -2.30. The normalized spacial score (nSPS) is 20.4. The van der Waals surface area contributed by atoms with Gasteiger partial charge in [0.05, 0.1) is 6.10 Å². The van der Waals surface area contributed by atoms with E-state index in [2.05, 4.69) is 22.8 Å². The summed E-state index contributed by atoms with van der Waals surface area (Å²) in [6, 6.07) is 18.1. The van der Waals surface area contributed by atoms with Gasteiger partial charge in [0.25, 0.3) is 0 Å². The van der Waals surface area contributed by atoms with Crippen LogP contribution in [0.5, 0.6) is 0 Å². The predicted octanol–water partition coefficient (Wildman–Crippen LogP) is 4.66. The molecule has 0 bridgehead atoms. The minimum atomic E-state index is -0.542. The van der Waals surface area contributed by atoms with Crippen molar-refractivity contribution >= 4 is 17.6 Å². The molecule has 3 rings (SSSR count). The van der Waals surface area contributed by atoms with Crippen molar-refractivity contribution < 1.29 is 9.90 Å². The largest absolute Gasteiger partial charge is 0.391 e. The van der Waals surface area contributed by atoms with E-state index >= 15 is 0 Å². The topological polar surface area (TPSA) is 61.4 Å². The molecule has 4 nitrogen and oxygen atoms in total. The van der Waals surface area contributed by atoms with E-state index in [1.165, 1.54) is 11.1 Å². The molecular weight excluding hydrogens is 372 g/mol. The molecule has 1 aliphatic rings. The number of halogens is 1. The SMILES string of the molecule is O=C(NCC(O)CCc1ccccc1)NC1CCCC(c2ccc(Cl)cc2)C1. The number of nitrogens with one attached hydrogen (secondary N) is 2. The van der Waals surface area contributed by atoms with Gasteiger partial charge in [-0.1, -0.05) is 60.5 Å². The molecule has 1 aliphatic carbocycles. The highest BCUT2D eigenvalue weighted by atomic mass is 35.5. The molecule has 1 saturated carbocycles. The van der Waals surface area contributed by atoms with E-state index in [9.17, 15) is 9.90 Å². The Labute approximate surface area is 172 Å². The quantitative estimate of drug-likeness (QED) is 0.633. The highest BCUT2D eigenvalue weighted by molar-refractivity contribution is 6.30. The van der Waals surface area contributed by atoms with Gasteiger partial charge in [0.2, 0.25) is 0 Å². The van der Waals surface area contributed by atoms with E-state index in [1.807, 2.05) is 42.5 Å². The van der Waals surface area contributed by atoms with E-state index in [0.29, 0.717) is 12.3 Å². The Morgan fingerprint density at radius 2 is 1.86 bits per heavy atom. The third-order valence-electron chi connectivity index (χ3n) is 5.46. The van der Waals surface area contributed by atoms with Crippen LogP contribution >= 0.6 is 11.6 Å². The Kier molecular flexibility index (Phi) is 7.75. The molecule has 2 amide bonds. The first-order chi connectivity index (χ1) is 13.6. The van der Waals surface area contributed by atoms with Crippen molar-refractivity contribution in [2.24, 2.45) is 0 Å². The number of aliphatic hydroxyl groups excluding tert-OH is 1. The van der Waals surface area contributed by atoms with Crippen LogP contribution in [0.3, 0.4) is 0 Å². The van der Waals surface area contributed by atoms with Gasteiger partial charge in [0, 0.05) is 17.6 Å². The molecule has 1 fully saturated rings. The lowest BCUT2D eigenvalue weighted by atomic mass is 9.81. The standard InChI is InChI=1S/C23H29ClN2O2/c24-20-12-10-18(11-13-20)19-7-4-8-21(15-19)26-23(28)25-16-22(27)14-9-17-5-2-1-3-6-17/h1-3,5-6,10-13,19,21-22,27H,4,7-9,14-16H2,(H2,25,26,28). The zero-order valence-corrected chi connectivity index (χ0v) is 16.9. The van der Waals surface area contributed by atoms with Crippen molar-refractivity contribution in [1.29, 1.82) is 0 Å². The van der Waals surface area contributed by atoms with Gasteiger partial charge >= 0.3 is 6.03 Å². The molecule has 0 aromatic heterocycles. The first-order valence-electron chi connectivity index (χ1n) is 10.1. The molecule has 2 aromatic rings. The molecule has 0 aliphatic heterocycles. The minimum absolute atomic E-state index is 0.163. The summed E-state index contributed by atoms with van der Waals surface area (Å²) >= 11 is 5.98. The van der Waals surface area contributed by atoms with Crippen molar-refractivity contribution in [3.8, 4) is 0 Å². The van der Waals surface area contributed by atoms with Gasteiger partial charge in [0.1, 0.15) is 0 Å². The number of aliphatic hydroxyl groups is 1. The first-order valence-corrected chi connectivity index (χ1v) is 10.5. The summed E-state index contributed by atoms with van der Waals surface area (Å²) in [5, 5.41) is 16.8. The van der Waals surface area contributed by atoms with Crippen molar-refractivity contribution in [2.45, 2.75) is 56.6 Å². The third kappa shape index (κ3) is 6.54. The second-order valence-electron chi connectivity index (χ2n) is 7.64. The average Bonchev–Trinajstić information content (AvgIpc) is 2.72. The van der Waals surface area contributed by atoms with E-state index < -0.39 is 6.10 Å². The van der Waals surface area contributed by atoms with Gasteiger partial charge < -0.3 is 15.7 Å². The maximum Gasteiger partial charge on any atom is 0.315 e. The van der Waals surface area contributed by atoms with Gasteiger partial charge in [-0.3, -0.25) is 0 Å². The van der Waals surface area contributed by atoms with Crippen LogP contribution in [0.4, 0.5) is 4.79 Å².